The van der Waals surface area contributed by atoms with E-state index in [-0.39, 0.29) is 31.1 Å². The van der Waals surface area contributed by atoms with Crippen molar-refractivity contribution in [1.29, 1.82) is 0 Å². The molecule has 0 N–H and O–H groups in total. The Morgan fingerprint density at radius 2 is 0.444 bits per heavy atom. The van der Waals surface area contributed by atoms with Crippen LogP contribution in [0, 0.1) is 0 Å². The third-order valence-corrected chi connectivity index (χ3v) is 16.6. The van der Waals surface area contributed by atoms with Gasteiger partial charge in [0.15, 0.2) is 6.10 Å². The molecule has 0 aliphatic carbocycles. The lowest BCUT2D eigenvalue weighted by molar-refractivity contribution is -0.167. The summed E-state index contributed by atoms with van der Waals surface area (Å²) < 4.78 is 17.0. The van der Waals surface area contributed by atoms with Crippen molar-refractivity contribution >= 4 is 17.9 Å². The highest BCUT2D eigenvalue weighted by molar-refractivity contribution is 5.71. The van der Waals surface area contributed by atoms with Gasteiger partial charge in [-0.1, -0.05) is 365 Å². The molecule has 0 aliphatic heterocycles. The Kier molecular flexibility index (Phi) is 68.1. The molecule has 1 unspecified atom stereocenters. The zero-order chi connectivity index (χ0) is 58.5. The quantitative estimate of drug-likeness (QED) is 0.0261. The molecular weight excluding hydrogens is 997 g/mol. The van der Waals surface area contributed by atoms with Crippen LogP contribution in [0.4, 0.5) is 0 Å². The van der Waals surface area contributed by atoms with Gasteiger partial charge in [0.25, 0.3) is 0 Å². The standard InChI is InChI=1S/C75H140O6/c1-4-7-10-13-16-19-22-25-27-29-31-32-33-34-35-36-37-38-39-40-41-42-44-45-47-50-53-56-59-62-65-68-74(77)80-71-72(70-79-73(76)67-64-61-58-55-52-49-24-21-18-15-12-9-6-3)81-75(78)69-66-63-60-57-54-51-48-46-43-30-28-26-23-20-17-14-11-8-5-2/h22,25,29,31,33-34,72H,4-21,23-24,26-28,30,32,35-71H2,1-3H3/b25-22-,31-29-,34-33-. The molecular formula is C75H140O6. The summed E-state index contributed by atoms with van der Waals surface area (Å²) in [4.78, 5) is 38.4. The summed E-state index contributed by atoms with van der Waals surface area (Å²) in [5.41, 5.74) is 0. The van der Waals surface area contributed by atoms with Crippen molar-refractivity contribution in [2.45, 2.75) is 412 Å². The Morgan fingerprint density at radius 3 is 0.691 bits per heavy atom. The number of ether oxygens (including phenoxy) is 3. The van der Waals surface area contributed by atoms with Crippen LogP contribution in [0.1, 0.15) is 406 Å². The van der Waals surface area contributed by atoms with E-state index < -0.39 is 6.10 Å². The van der Waals surface area contributed by atoms with Crippen LogP contribution in [0.15, 0.2) is 36.5 Å². The number of hydrogen-bond donors (Lipinski definition) is 0. The van der Waals surface area contributed by atoms with Crippen LogP contribution in [0.3, 0.4) is 0 Å². The molecule has 0 rings (SSSR count). The lowest BCUT2D eigenvalue weighted by Gasteiger charge is -2.18. The number of rotatable bonds is 68. The number of allylic oxidation sites excluding steroid dienone is 6. The number of unbranched alkanes of at least 4 members (excludes halogenated alkanes) is 51. The molecule has 6 heteroatoms. The van der Waals surface area contributed by atoms with Crippen molar-refractivity contribution in [2.24, 2.45) is 0 Å². The van der Waals surface area contributed by atoms with Crippen LogP contribution in [0.5, 0.6) is 0 Å². The summed E-state index contributed by atoms with van der Waals surface area (Å²) in [5.74, 6) is -0.832. The zero-order valence-electron chi connectivity index (χ0n) is 54.8. The van der Waals surface area contributed by atoms with Crippen LogP contribution in [-0.4, -0.2) is 37.2 Å². The van der Waals surface area contributed by atoms with Crippen molar-refractivity contribution in [3.05, 3.63) is 36.5 Å². The van der Waals surface area contributed by atoms with Crippen molar-refractivity contribution < 1.29 is 28.6 Å². The summed E-state index contributed by atoms with van der Waals surface area (Å²) in [6, 6.07) is 0. The van der Waals surface area contributed by atoms with Gasteiger partial charge >= 0.3 is 17.9 Å². The molecule has 0 spiro atoms. The molecule has 6 nitrogen and oxygen atoms in total. The molecule has 0 aromatic heterocycles. The first kappa shape index (κ1) is 78.6. The highest BCUT2D eigenvalue weighted by atomic mass is 16.6. The molecule has 0 bridgehead atoms. The Bertz CT molecular complexity index is 1350. The molecule has 81 heavy (non-hydrogen) atoms. The van der Waals surface area contributed by atoms with E-state index in [1.54, 1.807) is 0 Å². The van der Waals surface area contributed by atoms with Gasteiger partial charge in [0.2, 0.25) is 0 Å². The van der Waals surface area contributed by atoms with Crippen molar-refractivity contribution in [2.75, 3.05) is 13.2 Å². The molecule has 0 radical (unpaired) electrons. The molecule has 0 saturated heterocycles. The van der Waals surface area contributed by atoms with Crippen LogP contribution in [0.2, 0.25) is 0 Å². The minimum Gasteiger partial charge on any atom is -0.462 e. The van der Waals surface area contributed by atoms with Crippen molar-refractivity contribution in [3.63, 3.8) is 0 Å². The fourth-order valence-corrected chi connectivity index (χ4v) is 11.2. The van der Waals surface area contributed by atoms with E-state index in [0.29, 0.717) is 19.3 Å². The third-order valence-electron chi connectivity index (χ3n) is 16.6. The zero-order valence-corrected chi connectivity index (χ0v) is 54.8. The smallest absolute Gasteiger partial charge is 0.306 e. The predicted octanol–water partition coefficient (Wildman–Crippen LogP) is 25.1. The molecule has 0 aromatic carbocycles. The van der Waals surface area contributed by atoms with E-state index in [0.717, 1.165) is 70.6 Å². The minimum absolute atomic E-state index is 0.0644. The van der Waals surface area contributed by atoms with Gasteiger partial charge < -0.3 is 14.2 Å². The summed E-state index contributed by atoms with van der Waals surface area (Å²) in [5, 5.41) is 0. The van der Waals surface area contributed by atoms with E-state index in [1.807, 2.05) is 0 Å². The predicted molar refractivity (Wildman–Crippen MR) is 353 cm³/mol. The largest absolute Gasteiger partial charge is 0.462 e. The summed E-state index contributed by atoms with van der Waals surface area (Å²) in [6.07, 6.45) is 87.5. The van der Waals surface area contributed by atoms with Crippen LogP contribution in [-0.2, 0) is 28.6 Å². The van der Waals surface area contributed by atoms with Gasteiger partial charge in [-0.25, -0.2) is 0 Å². The van der Waals surface area contributed by atoms with Gasteiger partial charge in [0.1, 0.15) is 13.2 Å². The fraction of sp³-hybridized carbons (Fsp3) is 0.880. The second-order valence-electron chi connectivity index (χ2n) is 24.9. The van der Waals surface area contributed by atoms with Gasteiger partial charge in [-0.3, -0.25) is 14.4 Å². The monoisotopic (exact) mass is 1140 g/mol. The highest BCUT2D eigenvalue weighted by Crippen LogP contribution is 2.19. The average molecular weight is 1140 g/mol. The van der Waals surface area contributed by atoms with Gasteiger partial charge in [0, 0.05) is 19.3 Å². The molecule has 0 amide bonds. The Balaban J connectivity index is 4.16. The van der Waals surface area contributed by atoms with Gasteiger partial charge in [-0.05, 0) is 57.8 Å². The van der Waals surface area contributed by atoms with E-state index >= 15 is 0 Å². The molecule has 1 atom stereocenters. The van der Waals surface area contributed by atoms with Crippen LogP contribution in [0.25, 0.3) is 0 Å². The fourth-order valence-electron chi connectivity index (χ4n) is 11.2. The second-order valence-corrected chi connectivity index (χ2v) is 24.9. The van der Waals surface area contributed by atoms with E-state index in [4.69, 9.17) is 14.2 Å². The number of esters is 3. The first-order valence-electron chi connectivity index (χ1n) is 36.5. The van der Waals surface area contributed by atoms with Crippen molar-refractivity contribution in [1.82, 2.24) is 0 Å². The van der Waals surface area contributed by atoms with Gasteiger partial charge in [-0.2, -0.15) is 0 Å². The minimum atomic E-state index is -0.768. The Morgan fingerprint density at radius 1 is 0.247 bits per heavy atom. The highest BCUT2D eigenvalue weighted by Gasteiger charge is 2.19. The molecule has 0 aromatic rings. The third kappa shape index (κ3) is 68.3. The molecule has 476 valence electrons. The normalized spacial score (nSPS) is 12.2. The number of carbonyl (C=O) groups is 3. The van der Waals surface area contributed by atoms with Gasteiger partial charge in [0.05, 0.1) is 0 Å². The molecule has 0 heterocycles. The van der Waals surface area contributed by atoms with E-state index in [9.17, 15) is 14.4 Å². The number of hydrogen-bond acceptors (Lipinski definition) is 6. The van der Waals surface area contributed by atoms with Crippen LogP contribution < -0.4 is 0 Å². The topological polar surface area (TPSA) is 78.9 Å². The first-order valence-corrected chi connectivity index (χ1v) is 36.5. The van der Waals surface area contributed by atoms with Crippen LogP contribution >= 0.6 is 0 Å². The summed E-state index contributed by atoms with van der Waals surface area (Å²) in [7, 11) is 0. The SMILES string of the molecule is CCCCCCC/C=C\C/C=C\C/C=C\CCCCCCCCCCCCCCCCCCC(=O)OCC(COC(=O)CCCCCCCCCCCCCCC)OC(=O)CCCCCCCCCCCCCCCCCCCCC. The second kappa shape index (κ2) is 70.1. The maximum atomic E-state index is 12.9. The summed E-state index contributed by atoms with van der Waals surface area (Å²) in [6.45, 7) is 6.71. The average Bonchev–Trinajstić information content (AvgIpc) is 3.46. The molecule has 0 saturated carbocycles. The van der Waals surface area contributed by atoms with E-state index in [2.05, 4.69) is 57.2 Å². The number of carbonyl (C=O) groups excluding carboxylic acids is 3. The maximum absolute atomic E-state index is 12.9. The Labute approximate surface area is 506 Å². The molecule has 0 aliphatic rings. The van der Waals surface area contributed by atoms with E-state index in [1.165, 1.54) is 295 Å². The lowest BCUT2D eigenvalue weighted by atomic mass is 10.0. The Hall–Kier alpha value is -2.37. The van der Waals surface area contributed by atoms with Gasteiger partial charge in [-0.15, -0.1) is 0 Å². The van der Waals surface area contributed by atoms with Crippen molar-refractivity contribution in [3.8, 4) is 0 Å². The summed E-state index contributed by atoms with van der Waals surface area (Å²) >= 11 is 0. The lowest BCUT2D eigenvalue weighted by Crippen LogP contribution is -2.30. The maximum Gasteiger partial charge on any atom is 0.306 e. The first-order chi connectivity index (χ1) is 40.0. The molecule has 0 fully saturated rings.